The SMILES string of the molecule is O=c1oc(=O)c2cc3c(=O)n(-c4ccc5ccc6cccc7ccc4c5c67)c(=O)c3cc12. The van der Waals surface area contributed by atoms with Gasteiger partial charge in [-0.05, 0) is 45.1 Å². The fourth-order valence-electron chi connectivity index (χ4n) is 4.95. The molecule has 7 aromatic rings. The largest absolute Gasteiger partial charge is 0.386 e. The molecule has 5 aromatic carbocycles. The zero-order valence-electron chi connectivity index (χ0n) is 16.3. The number of benzene rings is 5. The first-order valence-electron chi connectivity index (χ1n) is 10.0. The van der Waals surface area contributed by atoms with Crippen molar-refractivity contribution in [1.29, 1.82) is 0 Å². The Morgan fingerprint density at radius 1 is 0.531 bits per heavy atom. The van der Waals surface area contributed by atoms with E-state index in [1.54, 1.807) is 6.07 Å². The maximum absolute atomic E-state index is 13.3. The molecule has 0 saturated heterocycles. The van der Waals surface area contributed by atoms with Crippen LogP contribution in [0.15, 0.2) is 90.3 Å². The van der Waals surface area contributed by atoms with E-state index in [0.29, 0.717) is 5.69 Å². The molecule has 0 amide bonds. The third-order valence-corrected chi connectivity index (χ3v) is 6.40. The normalized spacial score (nSPS) is 12.2. The van der Waals surface area contributed by atoms with E-state index in [4.69, 9.17) is 0 Å². The van der Waals surface area contributed by atoms with Crippen LogP contribution in [0, 0.1) is 0 Å². The van der Waals surface area contributed by atoms with Crippen molar-refractivity contribution in [3.8, 4) is 5.69 Å². The van der Waals surface area contributed by atoms with Crippen LogP contribution in [0.2, 0.25) is 0 Å². The quantitative estimate of drug-likeness (QED) is 0.381. The minimum atomic E-state index is -0.811. The third-order valence-electron chi connectivity index (χ3n) is 6.40. The van der Waals surface area contributed by atoms with Crippen LogP contribution < -0.4 is 22.4 Å². The molecule has 0 N–H and O–H groups in total. The minimum absolute atomic E-state index is 0.00660. The van der Waals surface area contributed by atoms with Crippen molar-refractivity contribution >= 4 is 53.9 Å². The van der Waals surface area contributed by atoms with Gasteiger partial charge in [-0.15, -0.1) is 0 Å². The fourth-order valence-corrected chi connectivity index (χ4v) is 4.95. The number of fused-ring (bicyclic) bond motifs is 2. The summed E-state index contributed by atoms with van der Waals surface area (Å²) in [5.74, 6) is 0. The van der Waals surface area contributed by atoms with Gasteiger partial charge >= 0.3 is 11.3 Å². The van der Waals surface area contributed by atoms with E-state index in [-0.39, 0.29) is 21.5 Å². The Bertz CT molecular complexity index is 2030. The van der Waals surface area contributed by atoms with E-state index in [1.807, 2.05) is 42.5 Å². The van der Waals surface area contributed by atoms with E-state index in [0.717, 1.165) is 36.9 Å². The van der Waals surface area contributed by atoms with Gasteiger partial charge in [0.15, 0.2) is 0 Å². The summed E-state index contributed by atoms with van der Waals surface area (Å²) in [6.07, 6.45) is 0. The molecule has 7 rings (SSSR count). The highest BCUT2D eigenvalue weighted by Crippen LogP contribution is 2.36. The zero-order valence-corrected chi connectivity index (χ0v) is 16.3. The van der Waals surface area contributed by atoms with Crippen molar-refractivity contribution in [2.45, 2.75) is 0 Å². The molecule has 0 spiro atoms. The molecule has 0 aliphatic rings. The second kappa shape index (κ2) is 5.56. The molecule has 0 bridgehead atoms. The van der Waals surface area contributed by atoms with Crippen LogP contribution in [0.1, 0.15) is 0 Å². The molecule has 0 atom stereocenters. The highest BCUT2D eigenvalue weighted by molar-refractivity contribution is 6.24. The van der Waals surface area contributed by atoms with Gasteiger partial charge in [-0.3, -0.25) is 9.59 Å². The first-order valence-corrected chi connectivity index (χ1v) is 10.0. The van der Waals surface area contributed by atoms with Crippen molar-refractivity contribution < 1.29 is 4.42 Å². The van der Waals surface area contributed by atoms with E-state index in [9.17, 15) is 19.2 Å². The summed E-state index contributed by atoms with van der Waals surface area (Å²) in [6.45, 7) is 0. The van der Waals surface area contributed by atoms with Gasteiger partial charge in [0.1, 0.15) is 0 Å². The minimum Gasteiger partial charge on any atom is -0.386 e. The van der Waals surface area contributed by atoms with Gasteiger partial charge in [-0.2, -0.15) is 0 Å². The second-order valence-corrected chi connectivity index (χ2v) is 8.01. The van der Waals surface area contributed by atoms with Crippen LogP contribution in [0.4, 0.5) is 0 Å². The maximum atomic E-state index is 13.3. The first kappa shape index (κ1) is 17.1. The maximum Gasteiger partial charge on any atom is 0.346 e. The van der Waals surface area contributed by atoms with Crippen molar-refractivity contribution in [3.63, 3.8) is 0 Å². The molecule has 0 radical (unpaired) electrons. The lowest BCUT2D eigenvalue weighted by molar-refractivity contribution is 0.500. The summed E-state index contributed by atoms with van der Waals surface area (Å²) in [5.41, 5.74) is -2.22. The number of nitrogens with zero attached hydrogens (tertiary/aromatic N) is 1. The smallest absolute Gasteiger partial charge is 0.346 e. The molecule has 6 nitrogen and oxygen atoms in total. The molecule has 0 unspecified atom stereocenters. The number of aromatic nitrogens is 1. The number of hydrogen-bond acceptors (Lipinski definition) is 5. The van der Waals surface area contributed by atoms with E-state index < -0.39 is 22.4 Å². The van der Waals surface area contributed by atoms with E-state index in [1.165, 1.54) is 12.1 Å². The third kappa shape index (κ3) is 1.94. The Labute approximate surface area is 177 Å². The van der Waals surface area contributed by atoms with Gasteiger partial charge in [0.2, 0.25) is 0 Å². The van der Waals surface area contributed by atoms with Crippen LogP contribution in [0.3, 0.4) is 0 Å². The van der Waals surface area contributed by atoms with E-state index in [2.05, 4.69) is 10.5 Å². The summed E-state index contributed by atoms with van der Waals surface area (Å²) in [6, 6.07) is 20.3. The monoisotopic (exact) mass is 417 g/mol. The number of furan rings is 1. The predicted octanol–water partition coefficient (Wildman–Crippen LogP) is 3.59. The zero-order chi connectivity index (χ0) is 21.7. The Hall–Kier alpha value is -4.58. The molecule has 0 fully saturated rings. The van der Waals surface area contributed by atoms with Gasteiger partial charge in [-0.25, -0.2) is 14.2 Å². The lowest BCUT2D eigenvalue weighted by atomic mass is 9.93. The lowest BCUT2D eigenvalue weighted by Crippen LogP contribution is -2.23. The standard InChI is InChI=1S/C26H11NO5/c28-23-16-10-18-19(26(31)32-25(18)30)11-17(16)24(29)27(23)20-9-7-14-5-4-12-2-1-3-13-6-8-15(20)22(14)21(12)13/h1-11H. The van der Waals surface area contributed by atoms with Gasteiger partial charge in [0.05, 0.1) is 27.2 Å². The highest BCUT2D eigenvalue weighted by atomic mass is 16.4. The summed E-state index contributed by atoms with van der Waals surface area (Å²) in [5, 5.41) is 6.20. The molecule has 6 heteroatoms. The predicted molar refractivity (Wildman–Crippen MR) is 124 cm³/mol. The summed E-state index contributed by atoms with van der Waals surface area (Å²) in [4.78, 5) is 50.5. The van der Waals surface area contributed by atoms with Crippen LogP contribution in [-0.2, 0) is 0 Å². The molecule has 0 saturated carbocycles. The van der Waals surface area contributed by atoms with Gasteiger partial charge in [-0.1, -0.05) is 48.5 Å². The summed E-state index contributed by atoms with van der Waals surface area (Å²) in [7, 11) is 0. The van der Waals surface area contributed by atoms with Crippen molar-refractivity contribution in [1.82, 2.24) is 4.57 Å². The highest BCUT2D eigenvalue weighted by Gasteiger charge is 2.21. The van der Waals surface area contributed by atoms with Crippen LogP contribution >= 0.6 is 0 Å². The van der Waals surface area contributed by atoms with Crippen molar-refractivity contribution in [2.75, 3.05) is 0 Å². The van der Waals surface area contributed by atoms with Crippen LogP contribution in [-0.4, -0.2) is 4.57 Å². The van der Waals surface area contributed by atoms with Crippen molar-refractivity contribution in [2.24, 2.45) is 0 Å². The molecular weight excluding hydrogens is 406 g/mol. The van der Waals surface area contributed by atoms with Gasteiger partial charge < -0.3 is 4.42 Å². The summed E-state index contributed by atoms with van der Waals surface area (Å²) >= 11 is 0. The van der Waals surface area contributed by atoms with Crippen LogP contribution in [0.5, 0.6) is 0 Å². The Morgan fingerprint density at radius 3 is 1.69 bits per heavy atom. The number of rotatable bonds is 1. The summed E-state index contributed by atoms with van der Waals surface area (Å²) < 4.78 is 5.73. The number of hydrogen-bond donors (Lipinski definition) is 0. The molecule has 0 aliphatic carbocycles. The Morgan fingerprint density at radius 2 is 1.06 bits per heavy atom. The van der Waals surface area contributed by atoms with Crippen molar-refractivity contribution in [3.05, 3.63) is 108 Å². The lowest BCUT2D eigenvalue weighted by Gasteiger charge is -2.13. The Kier molecular flexibility index (Phi) is 2.98. The molecule has 150 valence electrons. The average molecular weight is 417 g/mol. The van der Waals surface area contributed by atoms with Crippen LogP contribution in [0.25, 0.3) is 59.5 Å². The fraction of sp³-hybridized carbons (Fsp3) is 0. The van der Waals surface area contributed by atoms with E-state index >= 15 is 0 Å². The van der Waals surface area contributed by atoms with Gasteiger partial charge in [0.25, 0.3) is 11.1 Å². The first-order chi connectivity index (χ1) is 15.5. The molecule has 0 aliphatic heterocycles. The molecule has 2 heterocycles. The molecule has 2 aromatic heterocycles. The average Bonchev–Trinajstić information content (AvgIpc) is 3.23. The molecule has 32 heavy (non-hydrogen) atoms. The topological polar surface area (TPSA) is 86.3 Å². The Balaban J connectivity index is 1.67. The second-order valence-electron chi connectivity index (χ2n) is 8.01. The molecular formula is C26H11NO5. The van der Waals surface area contributed by atoms with Gasteiger partial charge in [0, 0.05) is 5.39 Å².